The van der Waals surface area contributed by atoms with Crippen LogP contribution in [0.1, 0.15) is 15.9 Å². The van der Waals surface area contributed by atoms with Crippen LogP contribution in [-0.2, 0) is 7.05 Å². The fourth-order valence-corrected chi connectivity index (χ4v) is 2.19. The van der Waals surface area contributed by atoms with Gasteiger partial charge in [0.25, 0.3) is 5.91 Å². The molecule has 104 valence electrons. The van der Waals surface area contributed by atoms with Gasteiger partial charge >= 0.3 is 0 Å². The number of anilines is 1. The van der Waals surface area contributed by atoms with Crippen LogP contribution in [-0.4, -0.2) is 20.7 Å². The lowest BCUT2D eigenvalue weighted by Gasteiger charge is -2.09. The van der Waals surface area contributed by atoms with Crippen molar-refractivity contribution in [1.29, 1.82) is 0 Å². The highest BCUT2D eigenvalue weighted by atomic mass is 79.9. The summed E-state index contributed by atoms with van der Waals surface area (Å²) in [5.74, 6) is -0.630. The topological polar surface area (TPSA) is 72.9 Å². The molecule has 0 saturated heterocycles. The molecule has 0 bridgehead atoms. The second-order valence-corrected chi connectivity index (χ2v) is 5.27. The van der Waals surface area contributed by atoms with E-state index in [1.807, 2.05) is 0 Å². The predicted molar refractivity (Wildman–Crippen MR) is 81.1 cm³/mol. The van der Waals surface area contributed by atoms with Gasteiger partial charge in [-0.2, -0.15) is 5.10 Å². The van der Waals surface area contributed by atoms with Gasteiger partial charge in [0.15, 0.2) is 0 Å². The first-order chi connectivity index (χ1) is 9.40. The van der Waals surface area contributed by atoms with Gasteiger partial charge in [-0.1, -0.05) is 12.2 Å². The Morgan fingerprint density at radius 3 is 2.85 bits per heavy atom. The molecule has 0 atom stereocenters. The fraction of sp³-hybridized carbons (Fsp3) is 0.0833. The van der Waals surface area contributed by atoms with Gasteiger partial charge in [-0.3, -0.25) is 9.48 Å². The van der Waals surface area contributed by atoms with Crippen molar-refractivity contribution in [3.05, 3.63) is 45.8 Å². The van der Waals surface area contributed by atoms with Gasteiger partial charge < -0.3 is 11.1 Å². The Hall–Kier alpha value is -1.80. The van der Waals surface area contributed by atoms with E-state index in [-0.39, 0.29) is 10.6 Å². The molecule has 5 nitrogen and oxygen atoms in total. The Morgan fingerprint density at radius 2 is 2.20 bits per heavy atom. The number of amides is 1. The molecule has 1 aromatic heterocycles. The zero-order valence-electron chi connectivity index (χ0n) is 10.4. The molecule has 2 aromatic rings. The van der Waals surface area contributed by atoms with E-state index in [4.69, 9.17) is 18.0 Å². The molecule has 1 heterocycles. The number of halogens is 2. The molecule has 8 heteroatoms. The molecule has 0 unspecified atom stereocenters. The van der Waals surface area contributed by atoms with Crippen molar-refractivity contribution in [3.8, 4) is 0 Å². The highest BCUT2D eigenvalue weighted by molar-refractivity contribution is 9.10. The monoisotopic (exact) mass is 356 g/mol. The lowest BCUT2D eigenvalue weighted by atomic mass is 10.2. The highest BCUT2D eigenvalue weighted by Gasteiger charge is 2.17. The smallest absolute Gasteiger partial charge is 0.258 e. The highest BCUT2D eigenvalue weighted by Crippen LogP contribution is 2.21. The third kappa shape index (κ3) is 2.86. The Bertz CT molecular complexity index is 701. The minimum Gasteiger partial charge on any atom is -0.389 e. The maximum atomic E-state index is 13.2. The Labute approximate surface area is 128 Å². The zero-order valence-corrected chi connectivity index (χ0v) is 12.8. The van der Waals surface area contributed by atoms with E-state index >= 15 is 0 Å². The summed E-state index contributed by atoms with van der Waals surface area (Å²) < 4.78 is 15.1. The summed E-state index contributed by atoms with van der Waals surface area (Å²) in [4.78, 5) is 12.3. The minimum atomic E-state index is -0.502. The first-order valence-corrected chi connectivity index (χ1v) is 6.68. The maximum absolute atomic E-state index is 13.2. The maximum Gasteiger partial charge on any atom is 0.258 e. The van der Waals surface area contributed by atoms with Gasteiger partial charge in [0.05, 0.1) is 17.3 Å². The second kappa shape index (κ2) is 5.68. The number of benzene rings is 1. The number of aromatic nitrogens is 2. The van der Waals surface area contributed by atoms with E-state index in [1.54, 1.807) is 7.05 Å². The average Bonchev–Trinajstić information content (AvgIpc) is 2.74. The molecule has 1 amide bonds. The SMILES string of the molecule is Cn1ncc(C(N)=S)c1NC(=O)c1cc(F)ccc1Br. The number of rotatable bonds is 3. The van der Waals surface area contributed by atoms with E-state index < -0.39 is 11.7 Å². The van der Waals surface area contributed by atoms with E-state index in [1.165, 1.54) is 23.0 Å². The van der Waals surface area contributed by atoms with Gasteiger partial charge in [-0.05, 0) is 34.1 Å². The van der Waals surface area contributed by atoms with Crippen molar-refractivity contribution in [2.75, 3.05) is 5.32 Å². The molecule has 0 aliphatic carbocycles. The Kier molecular flexibility index (Phi) is 4.15. The summed E-state index contributed by atoms with van der Waals surface area (Å²) in [6.45, 7) is 0. The van der Waals surface area contributed by atoms with Gasteiger partial charge in [0.1, 0.15) is 16.6 Å². The van der Waals surface area contributed by atoms with Crippen molar-refractivity contribution in [2.24, 2.45) is 12.8 Å². The summed E-state index contributed by atoms with van der Waals surface area (Å²) in [5.41, 5.74) is 6.17. The third-order valence-electron chi connectivity index (χ3n) is 2.61. The molecule has 20 heavy (non-hydrogen) atoms. The number of thiocarbonyl (C=S) groups is 1. The van der Waals surface area contributed by atoms with E-state index in [9.17, 15) is 9.18 Å². The van der Waals surface area contributed by atoms with E-state index in [0.29, 0.717) is 15.9 Å². The van der Waals surface area contributed by atoms with Crippen LogP contribution in [0.2, 0.25) is 0 Å². The summed E-state index contributed by atoms with van der Waals surface area (Å²) >= 11 is 8.08. The Morgan fingerprint density at radius 1 is 1.50 bits per heavy atom. The summed E-state index contributed by atoms with van der Waals surface area (Å²) in [5, 5.41) is 6.60. The molecule has 0 aliphatic heterocycles. The predicted octanol–water partition coefficient (Wildman–Crippen LogP) is 2.21. The first-order valence-electron chi connectivity index (χ1n) is 5.48. The number of carbonyl (C=O) groups excluding carboxylic acids is 1. The van der Waals surface area contributed by atoms with E-state index in [2.05, 4.69) is 26.3 Å². The van der Waals surface area contributed by atoms with Crippen LogP contribution in [0.25, 0.3) is 0 Å². The van der Waals surface area contributed by atoms with Crippen LogP contribution >= 0.6 is 28.1 Å². The van der Waals surface area contributed by atoms with Crippen LogP contribution < -0.4 is 11.1 Å². The molecular formula is C12H10BrFN4OS. The lowest BCUT2D eigenvalue weighted by Crippen LogP contribution is -2.19. The Balaban J connectivity index is 2.35. The van der Waals surface area contributed by atoms with Crippen molar-refractivity contribution < 1.29 is 9.18 Å². The van der Waals surface area contributed by atoms with Crippen LogP contribution in [0, 0.1) is 5.82 Å². The van der Waals surface area contributed by atoms with E-state index in [0.717, 1.165) is 6.07 Å². The zero-order chi connectivity index (χ0) is 14.9. The number of carbonyl (C=O) groups is 1. The van der Waals surface area contributed by atoms with Gasteiger partial charge in [0, 0.05) is 11.5 Å². The van der Waals surface area contributed by atoms with Crippen molar-refractivity contribution in [2.45, 2.75) is 0 Å². The minimum absolute atomic E-state index is 0.117. The van der Waals surface area contributed by atoms with Crippen molar-refractivity contribution in [1.82, 2.24) is 9.78 Å². The normalized spacial score (nSPS) is 10.3. The molecule has 2 rings (SSSR count). The molecule has 0 fully saturated rings. The van der Waals surface area contributed by atoms with Gasteiger partial charge in [0.2, 0.25) is 0 Å². The molecule has 0 spiro atoms. The quantitative estimate of drug-likeness (QED) is 0.827. The molecule has 0 radical (unpaired) electrons. The largest absolute Gasteiger partial charge is 0.389 e. The molecular weight excluding hydrogens is 347 g/mol. The van der Waals surface area contributed by atoms with Gasteiger partial charge in [-0.15, -0.1) is 0 Å². The number of hydrogen-bond donors (Lipinski definition) is 2. The van der Waals surface area contributed by atoms with Crippen LogP contribution in [0.4, 0.5) is 10.2 Å². The average molecular weight is 357 g/mol. The summed E-state index contributed by atoms with van der Waals surface area (Å²) in [6, 6.07) is 3.85. The number of nitrogens with zero attached hydrogens (tertiary/aromatic N) is 2. The summed E-state index contributed by atoms with van der Waals surface area (Å²) in [7, 11) is 1.64. The number of aryl methyl sites for hydroxylation is 1. The van der Waals surface area contributed by atoms with Gasteiger partial charge in [-0.25, -0.2) is 4.39 Å². The number of nitrogens with two attached hydrogens (primary N) is 1. The first kappa shape index (κ1) is 14.6. The second-order valence-electron chi connectivity index (χ2n) is 3.97. The lowest BCUT2D eigenvalue weighted by molar-refractivity contribution is 0.102. The van der Waals surface area contributed by atoms with Crippen LogP contribution in [0.3, 0.4) is 0 Å². The molecule has 0 saturated carbocycles. The standard InChI is InChI=1S/C12H10BrFN4OS/c1-18-11(8(5-16-18)10(15)20)17-12(19)7-4-6(14)2-3-9(7)13/h2-5H,1H3,(H2,15,20)(H,17,19). The van der Waals surface area contributed by atoms with Crippen molar-refractivity contribution in [3.63, 3.8) is 0 Å². The number of nitrogens with one attached hydrogen (secondary N) is 1. The van der Waals surface area contributed by atoms with Crippen LogP contribution in [0.5, 0.6) is 0 Å². The number of hydrogen-bond acceptors (Lipinski definition) is 3. The van der Waals surface area contributed by atoms with Crippen LogP contribution in [0.15, 0.2) is 28.9 Å². The molecule has 0 aliphatic rings. The third-order valence-corrected chi connectivity index (χ3v) is 3.52. The summed E-state index contributed by atoms with van der Waals surface area (Å²) in [6.07, 6.45) is 1.46. The van der Waals surface area contributed by atoms with Crippen molar-refractivity contribution >= 4 is 44.9 Å². The molecule has 1 aromatic carbocycles. The fourth-order valence-electron chi connectivity index (χ4n) is 1.61. The molecule has 3 N–H and O–H groups in total.